The predicted octanol–water partition coefficient (Wildman–Crippen LogP) is 3.96. The van der Waals surface area contributed by atoms with Crippen LogP contribution in [0.2, 0.25) is 0 Å². The Kier molecular flexibility index (Phi) is 7.29. The third kappa shape index (κ3) is 5.40. The molecule has 9 heteroatoms. The molecule has 2 aliphatic carbocycles. The average molecular weight is 507 g/mol. The van der Waals surface area contributed by atoms with Crippen molar-refractivity contribution in [2.24, 2.45) is 17.6 Å². The minimum Gasteiger partial charge on any atom is -0.365 e. The Labute approximate surface area is 217 Å². The van der Waals surface area contributed by atoms with Crippen molar-refractivity contribution >= 4 is 17.6 Å². The molecule has 5 rings (SSSR count). The number of amides is 2. The number of carbonyl (C=O) groups excluding carboxylic acids is 2. The van der Waals surface area contributed by atoms with Gasteiger partial charge in [-0.05, 0) is 62.3 Å². The number of benzene rings is 1. The lowest BCUT2D eigenvalue weighted by Crippen LogP contribution is -2.55. The van der Waals surface area contributed by atoms with Gasteiger partial charge in [0.25, 0.3) is 5.91 Å². The zero-order valence-corrected chi connectivity index (χ0v) is 21.1. The molecular formula is C28H35FN6O2. The summed E-state index contributed by atoms with van der Waals surface area (Å²) in [7, 11) is 0. The molecule has 1 aliphatic heterocycles. The van der Waals surface area contributed by atoms with Crippen molar-refractivity contribution in [3.63, 3.8) is 0 Å². The fourth-order valence-electron chi connectivity index (χ4n) is 6.04. The van der Waals surface area contributed by atoms with Gasteiger partial charge in [0.2, 0.25) is 5.91 Å². The largest absolute Gasteiger partial charge is 0.365 e. The molecule has 1 saturated heterocycles. The first kappa shape index (κ1) is 25.4. The first-order valence-electron chi connectivity index (χ1n) is 13.4. The first-order valence-corrected chi connectivity index (χ1v) is 13.4. The molecule has 2 unspecified atom stereocenters. The van der Waals surface area contributed by atoms with Crippen molar-refractivity contribution in [1.29, 1.82) is 5.26 Å². The number of hydrogen-bond acceptors (Lipinski definition) is 5. The van der Waals surface area contributed by atoms with E-state index in [0.717, 1.165) is 45.1 Å². The van der Waals surface area contributed by atoms with Crippen LogP contribution in [0.5, 0.6) is 0 Å². The number of carbonyl (C=O) groups is 2. The molecule has 3 fully saturated rings. The van der Waals surface area contributed by atoms with Crippen LogP contribution in [0, 0.1) is 23.2 Å². The highest BCUT2D eigenvalue weighted by Gasteiger charge is 2.47. The number of alkyl halides is 1. The number of nitrogens with two attached hydrogens (primary N) is 1. The molecule has 196 valence electrons. The Morgan fingerprint density at radius 1 is 1.16 bits per heavy atom. The summed E-state index contributed by atoms with van der Waals surface area (Å²) in [5.41, 5.74) is 5.78. The maximum absolute atomic E-state index is 15.9. The monoisotopic (exact) mass is 506 g/mol. The maximum atomic E-state index is 15.9. The Bertz CT molecular complexity index is 1170. The third-order valence-electron chi connectivity index (χ3n) is 8.51. The van der Waals surface area contributed by atoms with Gasteiger partial charge in [0.05, 0.1) is 12.5 Å². The standard InChI is InChI=1S/C28H35FN6O2/c29-24-18-34(16-19-6-8-21(9-7-19)20-4-2-1-3-5-20)15-13-28(24,12-14-30)35-17-23(25(31)36)26(33-35)32-27(37)22-10-11-22/h1-5,17,19,21-22,24H,6-13,15-16,18H2,(H2,31,36)(H,32,33,37). The molecule has 2 heterocycles. The van der Waals surface area contributed by atoms with E-state index >= 15 is 4.39 Å². The van der Waals surface area contributed by atoms with Gasteiger partial charge in [-0.15, -0.1) is 0 Å². The number of nitrogens with one attached hydrogen (secondary N) is 1. The summed E-state index contributed by atoms with van der Waals surface area (Å²) in [5, 5.41) is 16.7. The minimum atomic E-state index is -1.35. The normalized spacial score (nSPS) is 28.4. The van der Waals surface area contributed by atoms with E-state index in [2.05, 4.69) is 45.7 Å². The van der Waals surface area contributed by atoms with Gasteiger partial charge in [-0.2, -0.15) is 10.4 Å². The molecule has 8 nitrogen and oxygen atoms in total. The van der Waals surface area contributed by atoms with E-state index in [1.165, 1.54) is 16.4 Å². The van der Waals surface area contributed by atoms with Crippen LogP contribution in [0.25, 0.3) is 0 Å². The van der Waals surface area contributed by atoms with Crippen molar-refractivity contribution in [3.05, 3.63) is 47.7 Å². The molecule has 3 aliphatic rings. The lowest BCUT2D eigenvalue weighted by molar-refractivity contribution is -0.117. The number of nitrogens with zero attached hydrogens (tertiary/aromatic N) is 4. The van der Waals surface area contributed by atoms with Crippen LogP contribution in [0.3, 0.4) is 0 Å². The number of aromatic nitrogens is 2. The summed E-state index contributed by atoms with van der Waals surface area (Å²) in [4.78, 5) is 26.5. The van der Waals surface area contributed by atoms with Crippen LogP contribution >= 0.6 is 0 Å². The van der Waals surface area contributed by atoms with Crippen LogP contribution in [0.4, 0.5) is 10.2 Å². The maximum Gasteiger partial charge on any atom is 0.254 e. The molecular weight excluding hydrogens is 471 g/mol. The second-order valence-corrected chi connectivity index (χ2v) is 11.0. The van der Waals surface area contributed by atoms with Crippen LogP contribution in [0.1, 0.15) is 73.2 Å². The van der Waals surface area contributed by atoms with E-state index in [1.807, 2.05) is 6.07 Å². The van der Waals surface area contributed by atoms with Crippen LogP contribution in [-0.4, -0.2) is 52.3 Å². The zero-order valence-electron chi connectivity index (χ0n) is 21.1. The van der Waals surface area contributed by atoms with Crippen molar-refractivity contribution in [2.75, 3.05) is 25.0 Å². The summed E-state index contributed by atoms with van der Waals surface area (Å²) in [6.07, 6.45) is 6.50. The second-order valence-electron chi connectivity index (χ2n) is 11.0. The van der Waals surface area contributed by atoms with E-state index < -0.39 is 17.6 Å². The number of likely N-dealkylation sites (tertiary alicyclic amines) is 1. The highest BCUT2D eigenvalue weighted by atomic mass is 19.1. The first-order chi connectivity index (χ1) is 17.9. The number of rotatable bonds is 8. The molecule has 2 atom stereocenters. The van der Waals surface area contributed by atoms with Crippen molar-refractivity contribution in [2.45, 2.75) is 69.0 Å². The number of anilines is 1. The molecule has 1 aromatic heterocycles. The van der Waals surface area contributed by atoms with Crippen LogP contribution < -0.4 is 11.1 Å². The fourth-order valence-corrected chi connectivity index (χ4v) is 6.04. The summed E-state index contributed by atoms with van der Waals surface area (Å²) in [6, 6.07) is 12.8. The van der Waals surface area contributed by atoms with E-state index in [0.29, 0.717) is 24.8 Å². The summed E-state index contributed by atoms with van der Waals surface area (Å²) >= 11 is 0. The van der Waals surface area contributed by atoms with E-state index in [4.69, 9.17) is 5.73 Å². The Morgan fingerprint density at radius 2 is 1.89 bits per heavy atom. The number of nitriles is 1. The lowest BCUT2D eigenvalue weighted by Gasteiger charge is -2.44. The molecule has 2 amide bonds. The number of hydrogen-bond donors (Lipinski definition) is 2. The van der Waals surface area contributed by atoms with Gasteiger partial charge in [0.1, 0.15) is 17.3 Å². The number of halogens is 1. The van der Waals surface area contributed by atoms with Gasteiger partial charge in [-0.3, -0.25) is 19.2 Å². The molecule has 1 aromatic carbocycles. The molecule has 0 radical (unpaired) electrons. The van der Waals surface area contributed by atoms with Gasteiger partial charge >= 0.3 is 0 Å². The Balaban J connectivity index is 1.25. The van der Waals surface area contributed by atoms with Gasteiger partial charge in [-0.1, -0.05) is 30.3 Å². The van der Waals surface area contributed by atoms with Crippen molar-refractivity contribution in [1.82, 2.24) is 14.7 Å². The van der Waals surface area contributed by atoms with E-state index in [-0.39, 0.29) is 36.2 Å². The summed E-state index contributed by atoms with van der Waals surface area (Å²) < 4.78 is 17.3. The molecule has 37 heavy (non-hydrogen) atoms. The molecule has 2 saturated carbocycles. The van der Waals surface area contributed by atoms with Gasteiger partial charge in [-0.25, -0.2) is 4.39 Å². The van der Waals surface area contributed by atoms with Gasteiger partial charge in [0.15, 0.2) is 5.82 Å². The molecule has 0 spiro atoms. The van der Waals surface area contributed by atoms with E-state index in [9.17, 15) is 14.9 Å². The zero-order chi connectivity index (χ0) is 26.0. The summed E-state index contributed by atoms with van der Waals surface area (Å²) in [6.45, 7) is 1.69. The Hall–Kier alpha value is -3.25. The predicted molar refractivity (Wildman–Crippen MR) is 137 cm³/mol. The summed E-state index contributed by atoms with van der Waals surface area (Å²) in [5.74, 6) is 0.139. The van der Waals surface area contributed by atoms with Gasteiger partial charge < -0.3 is 11.1 Å². The quantitative estimate of drug-likeness (QED) is 0.562. The number of primary amides is 1. The Morgan fingerprint density at radius 3 is 2.51 bits per heavy atom. The molecule has 2 aromatic rings. The molecule has 0 bridgehead atoms. The fraction of sp³-hybridized carbons (Fsp3) is 0.571. The van der Waals surface area contributed by atoms with Crippen molar-refractivity contribution in [3.8, 4) is 6.07 Å². The van der Waals surface area contributed by atoms with Crippen LogP contribution in [-0.2, 0) is 10.3 Å². The van der Waals surface area contributed by atoms with Gasteiger partial charge in [0, 0.05) is 31.7 Å². The lowest BCUT2D eigenvalue weighted by atomic mass is 9.78. The third-order valence-corrected chi connectivity index (χ3v) is 8.51. The van der Waals surface area contributed by atoms with E-state index in [1.54, 1.807) is 0 Å². The highest BCUT2D eigenvalue weighted by Crippen LogP contribution is 2.40. The average Bonchev–Trinajstić information content (AvgIpc) is 3.67. The topological polar surface area (TPSA) is 117 Å². The number of piperidine rings is 1. The highest BCUT2D eigenvalue weighted by molar-refractivity contribution is 6.02. The van der Waals surface area contributed by atoms with Crippen LogP contribution in [0.15, 0.2) is 36.5 Å². The van der Waals surface area contributed by atoms with Crippen molar-refractivity contribution < 1.29 is 14.0 Å². The molecule has 3 N–H and O–H groups in total. The second kappa shape index (κ2) is 10.6. The smallest absolute Gasteiger partial charge is 0.254 e. The SMILES string of the molecule is N#CCC1(n2cc(C(N)=O)c(NC(=O)C3CC3)n2)CCN(CC2CCC(c3ccccc3)CC2)CC1F. The minimum absolute atomic E-state index is 0.0381.